The van der Waals surface area contributed by atoms with Gasteiger partial charge in [-0.05, 0) is 24.3 Å². The number of nitrogens with zero attached hydrogens (tertiary/aromatic N) is 1. The van der Waals surface area contributed by atoms with Gasteiger partial charge in [0.05, 0.1) is 5.75 Å². The van der Waals surface area contributed by atoms with Crippen molar-refractivity contribution in [2.24, 2.45) is 5.73 Å². The van der Waals surface area contributed by atoms with Crippen molar-refractivity contribution < 1.29 is 8.42 Å². The molecule has 1 aromatic carbocycles. The molecule has 19 heavy (non-hydrogen) atoms. The summed E-state index contributed by atoms with van der Waals surface area (Å²) in [7, 11) is -3.22. The van der Waals surface area contributed by atoms with Crippen molar-refractivity contribution in [3.63, 3.8) is 0 Å². The molecule has 0 aromatic heterocycles. The first kappa shape index (κ1) is 14.5. The second-order valence-corrected chi connectivity index (χ2v) is 7.19. The zero-order valence-electron chi connectivity index (χ0n) is 11.3. The van der Waals surface area contributed by atoms with Crippen LogP contribution < -0.4 is 5.73 Å². The zero-order valence-corrected chi connectivity index (χ0v) is 12.1. The van der Waals surface area contributed by atoms with Crippen molar-refractivity contribution in [3.05, 3.63) is 35.9 Å². The molecule has 0 radical (unpaired) electrons. The maximum atomic E-state index is 12.5. The second kappa shape index (κ2) is 6.03. The fourth-order valence-corrected chi connectivity index (χ4v) is 4.39. The summed E-state index contributed by atoms with van der Waals surface area (Å²) in [4.78, 5) is 0. The van der Waals surface area contributed by atoms with Crippen LogP contribution in [0.3, 0.4) is 0 Å². The van der Waals surface area contributed by atoms with E-state index in [-0.39, 0.29) is 17.7 Å². The van der Waals surface area contributed by atoms with Gasteiger partial charge in [0.25, 0.3) is 0 Å². The van der Waals surface area contributed by atoms with Crippen LogP contribution in [0.5, 0.6) is 0 Å². The third-order valence-electron chi connectivity index (χ3n) is 3.49. The topological polar surface area (TPSA) is 63.4 Å². The molecule has 0 aliphatic heterocycles. The normalized spacial score (nSPS) is 17.6. The molecule has 1 unspecified atom stereocenters. The summed E-state index contributed by atoms with van der Waals surface area (Å²) < 4.78 is 26.5. The monoisotopic (exact) mass is 282 g/mol. The zero-order chi connectivity index (χ0) is 13.9. The highest BCUT2D eigenvalue weighted by Crippen LogP contribution is 2.30. The Morgan fingerprint density at radius 1 is 1.32 bits per heavy atom. The Morgan fingerprint density at radius 3 is 2.47 bits per heavy atom. The van der Waals surface area contributed by atoms with Gasteiger partial charge in [0.1, 0.15) is 0 Å². The molecule has 0 bridgehead atoms. The molecule has 106 valence electrons. The summed E-state index contributed by atoms with van der Waals surface area (Å²) in [5.74, 6) is 0.165. The van der Waals surface area contributed by atoms with Crippen LogP contribution in [0.2, 0.25) is 0 Å². The van der Waals surface area contributed by atoms with Crippen molar-refractivity contribution in [2.45, 2.75) is 31.7 Å². The minimum absolute atomic E-state index is 0.00484. The smallest absolute Gasteiger partial charge is 0.214 e. The van der Waals surface area contributed by atoms with E-state index in [0.717, 1.165) is 18.4 Å². The highest BCUT2D eigenvalue weighted by atomic mass is 32.2. The van der Waals surface area contributed by atoms with Crippen LogP contribution >= 0.6 is 0 Å². The molecule has 1 aliphatic carbocycles. The van der Waals surface area contributed by atoms with Crippen LogP contribution in [0.1, 0.15) is 31.2 Å². The summed E-state index contributed by atoms with van der Waals surface area (Å²) in [6.45, 7) is 2.78. The molecule has 0 amide bonds. The fourth-order valence-electron chi connectivity index (χ4n) is 2.33. The Labute approximate surface area is 115 Å². The van der Waals surface area contributed by atoms with E-state index >= 15 is 0 Å². The summed E-state index contributed by atoms with van der Waals surface area (Å²) in [5.41, 5.74) is 6.59. The van der Waals surface area contributed by atoms with Gasteiger partial charge in [-0.2, -0.15) is 4.31 Å². The fraction of sp³-hybridized carbons (Fsp3) is 0.571. The molecular formula is C14H22N2O2S. The Morgan fingerprint density at radius 2 is 1.95 bits per heavy atom. The number of benzene rings is 1. The van der Waals surface area contributed by atoms with E-state index in [9.17, 15) is 8.42 Å². The summed E-state index contributed by atoms with van der Waals surface area (Å²) in [6, 6.07) is 9.97. The van der Waals surface area contributed by atoms with E-state index in [1.165, 1.54) is 0 Å². The molecule has 2 rings (SSSR count). The van der Waals surface area contributed by atoms with Crippen LogP contribution in [0.4, 0.5) is 0 Å². The van der Waals surface area contributed by atoms with E-state index in [2.05, 4.69) is 0 Å². The maximum Gasteiger partial charge on any atom is 0.214 e. The molecule has 0 spiro atoms. The molecule has 2 N–H and O–H groups in total. The molecular weight excluding hydrogens is 260 g/mol. The second-order valence-electron chi connectivity index (χ2n) is 5.22. The maximum absolute atomic E-state index is 12.5. The largest absolute Gasteiger partial charge is 0.329 e. The number of rotatable bonds is 7. The van der Waals surface area contributed by atoms with E-state index in [1.54, 1.807) is 4.31 Å². The number of nitrogens with two attached hydrogens (primary N) is 1. The van der Waals surface area contributed by atoms with Gasteiger partial charge in [0, 0.05) is 19.1 Å². The van der Waals surface area contributed by atoms with E-state index in [4.69, 9.17) is 5.73 Å². The van der Waals surface area contributed by atoms with Crippen molar-refractivity contribution in [2.75, 3.05) is 18.8 Å². The van der Waals surface area contributed by atoms with Gasteiger partial charge < -0.3 is 5.73 Å². The Balaban J connectivity index is 2.07. The van der Waals surface area contributed by atoms with Crippen LogP contribution in [-0.2, 0) is 10.0 Å². The Bertz CT molecular complexity index is 497. The van der Waals surface area contributed by atoms with Crippen LogP contribution in [0, 0.1) is 0 Å². The van der Waals surface area contributed by atoms with Gasteiger partial charge in [0.15, 0.2) is 0 Å². The van der Waals surface area contributed by atoms with Crippen molar-refractivity contribution >= 4 is 10.0 Å². The molecule has 0 heterocycles. The van der Waals surface area contributed by atoms with Crippen LogP contribution in [-0.4, -0.2) is 37.6 Å². The average molecular weight is 282 g/mol. The molecule has 1 fully saturated rings. The summed E-state index contributed by atoms with van der Waals surface area (Å²) in [5, 5.41) is 0. The molecule has 1 saturated carbocycles. The highest BCUT2D eigenvalue weighted by molar-refractivity contribution is 7.89. The molecule has 1 aliphatic rings. The van der Waals surface area contributed by atoms with Gasteiger partial charge in [-0.1, -0.05) is 37.3 Å². The summed E-state index contributed by atoms with van der Waals surface area (Å²) >= 11 is 0. The number of hydrogen-bond acceptors (Lipinski definition) is 3. The SMILES string of the molecule is CC(CS(=O)(=O)N(CCN)C1CC1)c1ccccc1. The lowest BCUT2D eigenvalue weighted by Gasteiger charge is -2.23. The molecule has 4 nitrogen and oxygen atoms in total. The molecule has 0 saturated heterocycles. The Hall–Kier alpha value is -0.910. The minimum Gasteiger partial charge on any atom is -0.329 e. The third kappa shape index (κ3) is 3.78. The van der Waals surface area contributed by atoms with Crippen molar-refractivity contribution in [3.8, 4) is 0 Å². The molecule has 1 atom stereocenters. The molecule has 1 aromatic rings. The minimum atomic E-state index is -3.22. The standard InChI is InChI=1S/C14H22N2O2S/c1-12(13-5-3-2-4-6-13)11-19(17,18)16(10-9-15)14-7-8-14/h2-6,12,14H,7-11,15H2,1H3. The first-order chi connectivity index (χ1) is 9.04. The van der Waals surface area contributed by atoms with E-state index < -0.39 is 10.0 Å². The van der Waals surface area contributed by atoms with E-state index in [1.807, 2.05) is 37.3 Å². The number of hydrogen-bond donors (Lipinski definition) is 1. The average Bonchev–Trinajstić information content (AvgIpc) is 3.20. The Kier molecular flexibility index (Phi) is 4.60. The lowest BCUT2D eigenvalue weighted by molar-refractivity contribution is 0.409. The first-order valence-electron chi connectivity index (χ1n) is 6.79. The van der Waals surface area contributed by atoms with E-state index in [0.29, 0.717) is 13.1 Å². The summed E-state index contributed by atoms with van der Waals surface area (Å²) in [6.07, 6.45) is 1.94. The molecule has 5 heteroatoms. The quantitative estimate of drug-likeness (QED) is 0.825. The van der Waals surface area contributed by atoms with Gasteiger partial charge >= 0.3 is 0 Å². The predicted molar refractivity (Wildman–Crippen MR) is 77.4 cm³/mol. The number of sulfonamides is 1. The highest BCUT2D eigenvalue weighted by Gasteiger charge is 2.37. The predicted octanol–water partition coefficient (Wildman–Crippen LogP) is 1.54. The van der Waals surface area contributed by atoms with Gasteiger partial charge in [-0.15, -0.1) is 0 Å². The first-order valence-corrected chi connectivity index (χ1v) is 8.40. The lowest BCUT2D eigenvalue weighted by atomic mass is 10.0. The van der Waals surface area contributed by atoms with Gasteiger partial charge in [0.2, 0.25) is 10.0 Å². The third-order valence-corrected chi connectivity index (χ3v) is 5.61. The van der Waals surface area contributed by atoms with Gasteiger partial charge in [-0.3, -0.25) is 0 Å². The lowest BCUT2D eigenvalue weighted by Crippen LogP contribution is -2.39. The van der Waals surface area contributed by atoms with Crippen molar-refractivity contribution in [1.82, 2.24) is 4.31 Å². The van der Waals surface area contributed by atoms with Crippen LogP contribution in [0.25, 0.3) is 0 Å². The van der Waals surface area contributed by atoms with Gasteiger partial charge in [-0.25, -0.2) is 8.42 Å². The van der Waals surface area contributed by atoms with Crippen molar-refractivity contribution in [1.29, 1.82) is 0 Å². The van der Waals surface area contributed by atoms with Crippen LogP contribution in [0.15, 0.2) is 30.3 Å².